The van der Waals surface area contributed by atoms with Crippen molar-refractivity contribution in [1.29, 1.82) is 0 Å². The topological polar surface area (TPSA) is 95.9 Å². The molecule has 0 atom stereocenters. The number of hydrogen-bond acceptors (Lipinski definition) is 4. The van der Waals surface area contributed by atoms with Gasteiger partial charge >= 0.3 is 13.1 Å². The van der Waals surface area contributed by atoms with E-state index < -0.39 is 24.8 Å². The number of carbonyl (C=O) groups excluding carboxylic acids is 1. The highest BCUT2D eigenvalue weighted by Crippen LogP contribution is 2.15. The third-order valence-electron chi connectivity index (χ3n) is 2.78. The number of amides is 1. The molecule has 0 bridgehead atoms. The van der Waals surface area contributed by atoms with Crippen molar-refractivity contribution in [2.75, 3.05) is 6.54 Å². The van der Waals surface area contributed by atoms with Gasteiger partial charge in [0.15, 0.2) is 0 Å². The Bertz CT molecular complexity index is 536. The zero-order chi connectivity index (χ0) is 14.0. The molecular weight excluding hydrogens is 256 g/mol. The van der Waals surface area contributed by atoms with Crippen molar-refractivity contribution in [2.24, 2.45) is 0 Å². The molecule has 3 N–H and O–H groups in total. The molecule has 1 aromatic carbocycles. The van der Waals surface area contributed by atoms with Crippen molar-refractivity contribution in [1.82, 2.24) is 5.32 Å². The average Bonchev–Trinajstić information content (AvgIpc) is 2.71. The van der Waals surface area contributed by atoms with Crippen LogP contribution in [-0.2, 0) is 16.1 Å². The van der Waals surface area contributed by atoms with Crippen molar-refractivity contribution in [3.8, 4) is 0 Å². The van der Waals surface area contributed by atoms with E-state index in [0.29, 0.717) is 5.56 Å². The van der Waals surface area contributed by atoms with Gasteiger partial charge in [0.25, 0.3) is 5.91 Å². The van der Waals surface area contributed by atoms with E-state index in [1.54, 1.807) is 0 Å². The molecule has 1 aliphatic rings. The zero-order valence-corrected chi connectivity index (χ0v) is 9.85. The van der Waals surface area contributed by atoms with E-state index in [4.69, 9.17) is 9.76 Å². The van der Waals surface area contributed by atoms with Gasteiger partial charge in [0.1, 0.15) is 5.82 Å². The van der Waals surface area contributed by atoms with Crippen LogP contribution in [0.4, 0.5) is 4.39 Å². The fourth-order valence-electron chi connectivity index (χ4n) is 1.83. The number of rotatable bonds is 4. The highest BCUT2D eigenvalue weighted by atomic mass is 19.1. The Morgan fingerprint density at radius 1 is 1.47 bits per heavy atom. The second kappa shape index (κ2) is 5.37. The summed E-state index contributed by atoms with van der Waals surface area (Å²) in [6, 6.07) is 2.78. The summed E-state index contributed by atoms with van der Waals surface area (Å²) in [5.41, 5.74) is 0.214. The van der Waals surface area contributed by atoms with Crippen LogP contribution in [0.15, 0.2) is 12.1 Å². The molecule has 8 heteroatoms. The predicted molar refractivity (Wildman–Crippen MR) is 63.4 cm³/mol. The molecule has 0 saturated heterocycles. The molecule has 1 amide bonds. The van der Waals surface area contributed by atoms with Crippen molar-refractivity contribution in [3.63, 3.8) is 0 Å². The fraction of sp³-hybridized carbons (Fsp3) is 0.273. The minimum Gasteiger partial charge on any atom is -0.481 e. The molecule has 0 aromatic heterocycles. The minimum absolute atomic E-state index is 0.0362. The molecule has 1 heterocycles. The molecule has 0 fully saturated rings. The van der Waals surface area contributed by atoms with Crippen LogP contribution in [0.2, 0.25) is 0 Å². The lowest BCUT2D eigenvalue weighted by molar-refractivity contribution is -0.136. The van der Waals surface area contributed by atoms with Gasteiger partial charge < -0.3 is 20.1 Å². The Morgan fingerprint density at radius 2 is 2.21 bits per heavy atom. The van der Waals surface area contributed by atoms with Gasteiger partial charge in [0.05, 0.1) is 18.6 Å². The number of carboxylic acid groups (broad SMARTS) is 1. The highest BCUT2D eigenvalue weighted by molar-refractivity contribution is 6.61. The van der Waals surface area contributed by atoms with Gasteiger partial charge in [-0.25, -0.2) is 4.39 Å². The monoisotopic (exact) mass is 267 g/mol. The maximum Gasteiger partial charge on any atom is 0.494 e. The summed E-state index contributed by atoms with van der Waals surface area (Å²) >= 11 is 0. The maximum atomic E-state index is 14.0. The lowest BCUT2D eigenvalue weighted by atomic mass is 9.78. The number of aliphatic carboxylic acids is 1. The second-order valence-electron chi connectivity index (χ2n) is 4.06. The van der Waals surface area contributed by atoms with E-state index in [2.05, 4.69) is 5.32 Å². The van der Waals surface area contributed by atoms with Crippen LogP contribution in [-0.4, -0.2) is 35.7 Å². The Hall–Kier alpha value is -1.93. The maximum absolute atomic E-state index is 14.0. The third kappa shape index (κ3) is 2.74. The van der Waals surface area contributed by atoms with Crippen LogP contribution in [0.3, 0.4) is 0 Å². The first kappa shape index (κ1) is 13.5. The van der Waals surface area contributed by atoms with E-state index in [0.717, 1.165) is 0 Å². The summed E-state index contributed by atoms with van der Waals surface area (Å²) in [5, 5.41) is 20.2. The molecule has 0 aliphatic carbocycles. The van der Waals surface area contributed by atoms with E-state index >= 15 is 0 Å². The van der Waals surface area contributed by atoms with Gasteiger partial charge in [-0.1, -0.05) is 6.07 Å². The molecule has 0 spiro atoms. The van der Waals surface area contributed by atoms with Crippen LogP contribution >= 0.6 is 0 Å². The van der Waals surface area contributed by atoms with Gasteiger partial charge in [-0.3, -0.25) is 9.59 Å². The van der Waals surface area contributed by atoms with Crippen LogP contribution in [0.1, 0.15) is 22.3 Å². The minimum atomic E-state index is -1.37. The summed E-state index contributed by atoms with van der Waals surface area (Å²) in [7, 11) is -1.37. The van der Waals surface area contributed by atoms with Crippen LogP contribution in [0.25, 0.3) is 0 Å². The summed E-state index contributed by atoms with van der Waals surface area (Å²) in [6.07, 6.45) is -0.246. The Labute approximate surface area is 108 Å². The first-order valence-corrected chi connectivity index (χ1v) is 5.61. The lowest BCUT2D eigenvalue weighted by Gasteiger charge is -2.08. The number of benzene rings is 1. The standard InChI is InChI=1S/C11H11BFNO5/c13-10-7(11(17)14-4-3-8(15)16)2-1-6-5-19-12(18)9(6)10/h1-2,18H,3-5H2,(H,14,17)(H,15,16). The number of carbonyl (C=O) groups is 2. The van der Waals surface area contributed by atoms with Gasteiger partial charge in [-0.2, -0.15) is 0 Å². The number of halogens is 1. The first-order chi connectivity index (χ1) is 9.00. The highest BCUT2D eigenvalue weighted by Gasteiger charge is 2.33. The average molecular weight is 267 g/mol. The zero-order valence-electron chi connectivity index (χ0n) is 9.85. The number of carboxylic acids is 1. The van der Waals surface area contributed by atoms with Crippen molar-refractivity contribution in [2.45, 2.75) is 13.0 Å². The normalized spacial score (nSPS) is 13.3. The molecule has 100 valence electrons. The molecule has 19 heavy (non-hydrogen) atoms. The smallest absolute Gasteiger partial charge is 0.481 e. The number of hydrogen-bond donors (Lipinski definition) is 3. The van der Waals surface area contributed by atoms with Gasteiger partial charge in [0.2, 0.25) is 0 Å². The van der Waals surface area contributed by atoms with E-state index in [1.807, 2.05) is 0 Å². The molecular formula is C11H11BFNO5. The number of fused-ring (bicyclic) bond motifs is 1. The van der Waals surface area contributed by atoms with Crippen LogP contribution < -0.4 is 10.8 Å². The molecule has 2 rings (SSSR count). The predicted octanol–water partition coefficient (Wildman–Crippen LogP) is -0.752. The van der Waals surface area contributed by atoms with Gasteiger partial charge in [-0.15, -0.1) is 0 Å². The first-order valence-electron chi connectivity index (χ1n) is 5.61. The summed E-state index contributed by atoms with van der Waals surface area (Å²) < 4.78 is 18.9. The molecule has 1 aliphatic heterocycles. The molecule has 6 nitrogen and oxygen atoms in total. The van der Waals surface area contributed by atoms with Gasteiger partial charge in [-0.05, 0) is 11.6 Å². The molecule has 1 aromatic rings. The Kier molecular flexibility index (Phi) is 3.82. The number of nitrogens with one attached hydrogen (secondary N) is 1. The summed E-state index contributed by atoms with van der Waals surface area (Å²) in [6.45, 7) is -0.00191. The van der Waals surface area contributed by atoms with E-state index in [9.17, 15) is 19.0 Å². The van der Waals surface area contributed by atoms with Crippen molar-refractivity contribution < 1.29 is 28.8 Å². The summed E-state index contributed by atoms with van der Waals surface area (Å²) in [4.78, 5) is 22.0. The van der Waals surface area contributed by atoms with Crippen molar-refractivity contribution >= 4 is 24.5 Å². The summed E-state index contributed by atoms with van der Waals surface area (Å²) in [5.74, 6) is -2.62. The lowest BCUT2D eigenvalue weighted by Crippen LogP contribution is -2.35. The van der Waals surface area contributed by atoms with Crippen molar-refractivity contribution in [3.05, 3.63) is 29.1 Å². The van der Waals surface area contributed by atoms with Crippen LogP contribution in [0, 0.1) is 5.82 Å². The molecule has 0 radical (unpaired) electrons. The molecule has 0 unspecified atom stereocenters. The third-order valence-corrected chi connectivity index (χ3v) is 2.78. The van der Waals surface area contributed by atoms with Gasteiger partial charge in [0, 0.05) is 12.0 Å². The second-order valence-corrected chi connectivity index (χ2v) is 4.06. The largest absolute Gasteiger partial charge is 0.494 e. The van der Waals surface area contributed by atoms with E-state index in [1.165, 1.54) is 12.1 Å². The fourth-order valence-corrected chi connectivity index (χ4v) is 1.83. The Morgan fingerprint density at radius 3 is 2.89 bits per heavy atom. The quantitative estimate of drug-likeness (QED) is 0.624. The van der Waals surface area contributed by atoms with Crippen LogP contribution in [0.5, 0.6) is 0 Å². The van der Waals surface area contributed by atoms with E-state index in [-0.39, 0.29) is 30.6 Å². The molecule has 0 saturated carbocycles. The Balaban J connectivity index is 2.15. The SMILES string of the molecule is O=C(O)CCNC(=O)c1ccc2c(c1F)B(O)OC2.